The molecule has 2 aliphatic heterocycles. The molecule has 24 heavy (non-hydrogen) atoms. The van der Waals surface area contributed by atoms with Crippen molar-refractivity contribution in [3.63, 3.8) is 0 Å². The summed E-state index contributed by atoms with van der Waals surface area (Å²) in [5.41, 5.74) is 1.20. The standard InChI is InChI=1S/C16H16FN3O3S/c1-10-14(11(8-22-2)15(21)23-3)24-16-19(9-18-20(10)16)13-7-5-4-6-12(13)17/h4-9,16H,1-3H3/b11-8+. The Hall–Kier alpha value is -2.48. The number of esters is 1. The molecule has 0 radical (unpaired) electrons. The summed E-state index contributed by atoms with van der Waals surface area (Å²) >= 11 is 1.38. The van der Waals surface area contributed by atoms with Crippen molar-refractivity contribution in [3.8, 4) is 0 Å². The Balaban J connectivity index is 1.93. The van der Waals surface area contributed by atoms with Crippen LogP contribution in [-0.2, 0) is 14.3 Å². The van der Waals surface area contributed by atoms with Gasteiger partial charge < -0.3 is 9.47 Å². The van der Waals surface area contributed by atoms with Crippen molar-refractivity contribution in [3.05, 3.63) is 52.5 Å². The molecule has 0 aliphatic carbocycles. The molecule has 8 heteroatoms. The number of fused-ring (bicyclic) bond motifs is 1. The van der Waals surface area contributed by atoms with Crippen LogP contribution in [0.15, 0.2) is 51.8 Å². The number of anilines is 1. The summed E-state index contributed by atoms with van der Waals surface area (Å²) in [5, 5.41) is 6.06. The molecule has 0 amide bonds. The largest absolute Gasteiger partial charge is 0.503 e. The van der Waals surface area contributed by atoms with E-state index >= 15 is 0 Å². The zero-order chi connectivity index (χ0) is 17.3. The minimum Gasteiger partial charge on any atom is -0.503 e. The second kappa shape index (κ2) is 6.56. The predicted molar refractivity (Wildman–Crippen MR) is 90.4 cm³/mol. The molecule has 2 aliphatic rings. The highest BCUT2D eigenvalue weighted by atomic mass is 32.2. The molecule has 1 atom stereocenters. The van der Waals surface area contributed by atoms with Crippen molar-refractivity contribution in [2.75, 3.05) is 19.1 Å². The number of benzene rings is 1. The highest BCUT2D eigenvalue weighted by molar-refractivity contribution is 8.04. The number of halogens is 1. The van der Waals surface area contributed by atoms with Crippen LogP contribution in [0.1, 0.15) is 6.92 Å². The Morgan fingerprint density at radius 2 is 2.12 bits per heavy atom. The third-order valence-corrected chi connectivity index (χ3v) is 5.05. The maximum Gasteiger partial charge on any atom is 0.342 e. The number of para-hydroxylation sites is 1. The molecule has 126 valence electrons. The normalized spacial score (nSPS) is 19.8. The van der Waals surface area contributed by atoms with Crippen LogP contribution in [0.4, 0.5) is 10.1 Å². The van der Waals surface area contributed by atoms with Gasteiger partial charge in [-0.3, -0.25) is 4.90 Å². The first-order chi connectivity index (χ1) is 11.6. The fourth-order valence-electron chi connectivity index (χ4n) is 2.52. The second-order valence-corrected chi connectivity index (χ2v) is 6.12. The Morgan fingerprint density at radius 3 is 2.79 bits per heavy atom. The van der Waals surface area contributed by atoms with Gasteiger partial charge in [-0.05, 0) is 19.1 Å². The molecule has 0 saturated heterocycles. The van der Waals surface area contributed by atoms with E-state index in [1.807, 2.05) is 6.92 Å². The predicted octanol–water partition coefficient (Wildman–Crippen LogP) is 2.86. The Morgan fingerprint density at radius 1 is 1.38 bits per heavy atom. The maximum absolute atomic E-state index is 14.1. The molecule has 0 saturated carbocycles. The molecule has 1 aromatic rings. The number of carbonyl (C=O) groups excluding carboxylic acids is 1. The third-order valence-electron chi connectivity index (χ3n) is 3.66. The molecule has 1 unspecified atom stereocenters. The van der Waals surface area contributed by atoms with E-state index in [2.05, 4.69) is 5.10 Å². The first kappa shape index (κ1) is 16.4. The number of methoxy groups -OCH3 is 2. The van der Waals surface area contributed by atoms with Gasteiger partial charge in [-0.25, -0.2) is 14.2 Å². The monoisotopic (exact) mass is 349 g/mol. The molecule has 0 spiro atoms. The first-order valence-corrected chi connectivity index (χ1v) is 8.01. The highest BCUT2D eigenvalue weighted by Crippen LogP contribution is 2.46. The van der Waals surface area contributed by atoms with E-state index in [4.69, 9.17) is 9.47 Å². The van der Waals surface area contributed by atoms with Gasteiger partial charge in [0, 0.05) is 4.91 Å². The molecule has 0 aromatic heterocycles. The summed E-state index contributed by atoms with van der Waals surface area (Å²) in [7, 11) is 2.77. The number of thioether (sulfide) groups is 1. The molecular formula is C16H16FN3O3S. The van der Waals surface area contributed by atoms with Crippen LogP contribution in [0.3, 0.4) is 0 Å². The molecule has 0 bridgehead atoms. The van der Waals surface area contributed by atoms with Gasteiger partial charge in [0.1, 0.15) is 17.7 Å². The lowest BCUT2D eigenvalue weighted by atomic mass is 10.2. The molecule has 0 N–H and O–H groups in total. The summed E-state index contributed by atoms with van der Waals surface area (Å²) in [5.74, 6) is -0.834. The minimum atomic E-state index is -0.499. The van der Waals surface area contributed by atoms with Crippen molar-refractivity contribution >= 4 is 29.8 Å². The van der Waals surface area contributed by atoms with E-state index in [0.717, 1.165) is 5.70 Å². The third kappa shape index (κ3) is 2.62. The summed E-state index contributed by atoms with van der Waals surface area (Å²) in [4.78, 5) is 14.4. The topological polar surface area (TPSA) is 54.4 Å². The quantitative estimate of drug-likeness (QED) is 0.473. The number of hydrogen-bond donors (Lipinski definition) is 0. The van der Waals surface area contributed by atoms with E-state index in [9.17, 15) is 9.18 Å². The van der Waals surface area contributed by atoms with Crippen LogP contribution in [0.25, 0.3) is 0 Å². The summed E-state index contributed by atoms with van der Waals surface area (Å²) in [6.07, 6.45) is 2.92. The molecular weight excluding hydrogens is 333 g/mol. The molecule has 0 fully saturated rings. The lowest BCUT2D eigenvalue weighted by Gasteiger charge is -2.24. The number of allylic oxidation sites excluding steroid dienone is 1. The first-order valence-electron chi connectivity index (χ1n) is 7.14. The van der Waals surface area contributed by atoms with Gasteiger partial charge >= 0.3 is 5.97 Å². The Bertz CT molecular complexity index is 763. The van der Waals surface area contributed by atoms with Crippen LogP contribution >= 0.6 is 11.8 Å². The fraction of sp³-hybridized carbons (Fsp3) is 0.250. The Kier molecular flexibility index (Phi) is 4.48. The van der Waals surface area contributed by atoms with Crippen LogP contribution in [0, 0.1) is 5.82 Å². The van der Waals surface area contributed by atoms with Crippen LogP contribution in [0.5, 0.6) is 0 Å². The molecule has 1 aromatic carbocycles. The molecule has 2 heterocycles. The van der Waals surface area contributed by atoms with Crippen LogP contribution in [-0.4, -0.2) is 37.0 Å². The van der Waals surface area contributed by atoms with E-state index in [1.54, 1.807) is 34.4 Å². The van der Waals surface area contributed by atoms with Crippen molar-refractivity contribution in [2.24, 2.45) is 5.10 Å². The summed E-state index contributed by atoms with van der Waals surface area (Å²) in [6, 6.07) is 6.49. The van der Waals surface area contributed by atoms with Gasteiger partial charge in [-0.15, -0.1) is 0 Å². The van der Waals surface area contributed by atoms with Gasteiger partial charge in [0.15, 0.2) is 5.50 Å². The zero-order valence-corrected chi connectivity index (χ0v) is 14.2. The number of rotatable bonds is 4. The Labute approximate surface area is 143 Å². The average Bonchev–Trinajstić information content (AvgIpc) is 3.13. The van der Waals surface area contributed by atoms with E-state index < -0.39 is 5.97 Å². The SMILES string of the molecule is CO/C=C(/C(=O)OC)C1=C(C)N2N=CN(c3ccccc3F)C2S1. The van der Waals surface area contributed by atoms with Gasteiger partial charge in [0.25, 0.3) is 0 Å². The zero-order valence-electron chi connectivity index (χ0n) is 13.4. The number of carbonyl (C=O) groups is 1. The van der Waals surface area contributed by atoms with Gasteiger partial charge in [-0.1, -0.05) is 23.9 Å². The summed E-state index contributed by atoms with van der Waals surface area (Å²) < 4.78 is 23.9. The maximum atomic E-state index is 14.1. The second-order valence-electron chi connectivity index (χ2n) is 5.05. The van der Waals surface area contributed by atoms with Crippen molar-refractivity contribution in [1.82, 2.24) is 5.01 Å². The lowest BCUT2D eigenvalue weighted by molar-refractivity contribution is -0.135. The average molecular weight is 349 g/mol. The van der Waals surface area contributed by atoms with E-state index in [0.29, 0.717) is 16.2 Å². The number of ether oxygens (including phenoxy) is 2. The smallest absolute Gasteiger partial charge is 0.342 e. The van der Waals surface area contributed by atoms with Crippen molar-refractivity contribution in [1.29, 1.82) is 0 Å². The van der Waals surface area contributed by atoms with Crippen LogP contribution in [0.2, 0.25) is 0 Å². The molecule has 6 nitrogen and oxygen atoms in total. The van der Waals surface area contributed by atoms with E-state index in [1.165, 1.54) is 38.3 Å². The molecule has 3 rings (SSSR count). The van der Waals surface area contributed by atoms with Gasteiger partial charge in [0.05, 0.1) is 31.9 Å². The number of hydrazone groups is 1. The van der Waals surface area contributed by atoms with Crippen molar-refractivity contribution < 1.29 is 18.7 Å². The fourth-order valence-corrected chi connectivity index (χ4v) is 3.85. The minimum absolute atomic E-state index is 0.304. The van der Waals surface area contributed by atoms with Crippen molar-refractivity contribution in [2.45, 2.75) is 12.4 Å². The number of hydrogen-bond acceptors (Lipinski definition) is 7. The van der Waals surface area contributed by atoms with E-state index in [-0.39, 0.29) is 11.3 Å². The number of nitrogens with zero attached hydrogens (tertiary/aromatic N) is 3. The van der Waals surface area contributed by atoms with Gasteiger partial charge in [-0.2, -0.15) is 5.10 Å². The van der Waals surface area contributed by atoms with Gasteiger partial charge in [0.2, 0.25) is 0 Å². The lowest BCUT2D eigenvalue weighted by Crippen LogP contribution is -2.33. The van der Waals surface area contributed by atoms with Crippen LogP contribution < -0.4 is 4.90 Å². The summed E-state index contributed by atoms with van der Waals surface area (Å²) in [6.45, 7) is 1.84. The highest BCUT2D eigenvalue weighted by Gasteiger charge is 2.41.